The van der Waals surface area contributed by atoms with Crippen LogP contribution in [-0.4, -0.2) is 40.2 Å². The van der Waals surface area contributed by atoms with Crippen molar-refractivity contribution in [3.05, 3.63) is 22.5 Å². The molecule has 2 atom stereocenters. The number of hydrogen-bond donors (Lipinski definition) is 1. The molecule has 1 aliphatic rings. The summed E-state index contributed by atoms with van der Waals surface area (Å²) in [6.07, 6.45) is -0.0270. The maximum atomic E-state index is 11.6. The first-order valence-corrected chi connectivity index (χ1v) is 5.60. The SMILES string of the molecule is COc1ccc(=O)n(CC2CCC(C(=O)O)O2)n1. The van der Waals surface area contributed by atoms with Crippen LogP contribution < -0.4 is 10.3 Å². The lowest BCUT2D eigenvalue weighted by Gasteiger charge is -2.12. The van der Waals surface area contributed by atoms with E-state index in [1.807, 2.05) is 0 Å². The number of methoxy groups -OCH3 is 1. The van der Waals surface area contributed by atoms with Gasteiger partial charge in [-0.2, -0.15) is 0 Å². The monoisotopic (exact) mass is 254 g/mol. The molecule has 1 fully saturated rings. The summed E-state index contributed by atoms with van der Waals surface area (Å²) in [6, 6.07) is 2.84. The van der Waals surface area contributed by atoms with Crippen LogP contribution in [0.5, 0.6) is 5.88 Å². The fourth-order valence-electron chi connectivity index (χ4n) is 1.88. The Morgan fingerprint density at radius 3 is 3.00 bits per heavy atom. The van der Waals surface area contributed by atoms with Crippen LogP contribution in [0, 0.1) is 0 Å². The van der Waals surface area contributed by atoms with E-state index in [1.54, 1.807) is 0 Å². The average Bonchev–Trinajstić information content (AvgIpc) is 2.81. The van der Waals surface area contributed by atoms with Crippen molar-refractivity contribution in [1.29, 1.82) is 0 Å². The van der Waals surface area contributed by atoms with Crippen LogP contribution in [0.25, 0.3) is 0 Å². The van der Waals surface area contributed by atoms with E-state index in [1.165, 1.54) is 23.9 Å². The van der Waals surface area contributed by atoms with Gasteiger partial charge in [-0.15, -0.1) is 5.10 Å². The molecule has 0 radical (unpaired) electrons. The molecule has 0 spiro atoms. The Kier molecular flexibility index (Phi) is 3.61. The molecule has 0 aliphatic carbocycles. The predicted octanol–water partition coefficient (Wildman–Crippen LogP) is -0.116. The summed E-state index contributed by atoms with van der Waals surface area (Å²) >= 11 is 0. The molecule has 2 rings (SSSR count). The van der Waals surface area contributed by atoms with Crippen LogP contribution in [0.1, 0.15) is 12.8 Å². The van der Waals surface area contributed by atoms with Crippen molar-refractivity contribution < 1.29 is 19.4 Å². The molecule has 1 aromatic rings. The minimum Gasteiger partial charge on any atom is -0.480 e. The lowest BCUT2D eigenvalue weighted by Crippen LogP contribution is -2.29. The first kappa shape index (κ1) is 12.6. The van der Waals surface area contributed by atoms with Gasteiger partial charge in [0.05, 0.1) is 19.8 Å². The molecule has 1 N–H and O–H groups in total. The molecule has 2 unspecified atom stereocenters. The number of carbonyl (C=O) groups is 1. The summed E-state index contributed by atoms with van der Waals surface area (Å²) in [5, 5.41) is 12.8. The Bertz CT molecular complexity index is 498. The first-order valence-electron chi connectivity index (χ1n) is 5.60. The number of hydrogen-bond acceptors (Lipinski definition) is 5. The van der Waals surface area contributed by atoms with Gasteiger partial charge in [-0.05, 0) is 12.8 Å². The molecule has 7 nitrogen and oxygen atoms in total. The maximum absolute atomic E-state index is 11.6. The predicted molar refractivity (Wildman–Crippen MR) is 60.6 cm³/mol. The smallest absolute Gasteiger partial charge is 0.332 e. The summed E-state index contributed by atoms with van der Waals surface area (Å²) in [5.41, 5.74) is -0.266. The second kappa shape index (κ2) is 5.18. The molecular formula is C11H14N2O5. The summed E-state index contributed by atoms with van der Waals surface area (Å²) in [7, 11) is 1.46. The van der Waals surface area contributed by atoms with Gasteiger partial charge in [0.2, 0.25) is 5.88 Å². The van der Waals surface area contributed by atoms with Crippen molar-refractivity contribution in [1.82, 2.24) is 9.78 Å². The van der Waals surface area contributed by atoms with Crippen LogP contribution in [0.15, 0.2) is 16.9 Å². The molecule has 7 heteroatoms. The molecular weight excluding hydrogens is 240 g/mol. The molecule has 0 aromatic carbocycles. The van der Waals surface area contributed by atoms with Gasteiger partial charge in [0, 0.05) is 12.1 Å². The summed E-state index contributed by atoms with van der Waals surface area (Å²) in [6.45, 7) is 0.236. The molecule has 2 heterocycles. The lowest BCUT2D eigenvalue weighted by molar-refractivity contribution is -0.149. The number of aliphatic carboxylic acids is 1. The number of carboxylic acids is 1. The molecule has 1 aromatic heterocycles. The zero-order valence-electron chi connectivity index (χ0n) is 9.91. The number of rotatable bonds is 4. The average molecular weight is 254 g/mol. The molecule has 1 saturated heterocycles. The maximum Gasteiger partial charge on any atom is 0.332 e. The van der Waals surface area contributed by atoms with Gasteiger partial charge in [-0.3, -0.25) is 4.79 Å². The Morgan fingerprint density at radius 1 is 1.61 bits per heavy atom. The van der Waals surface area contributed by atoms with Crippen molar-refractivity contribution in [3.63, 3.8) is 0 Å². The van der Waals surface area contributed by atoms with Gasteiger partial charge < -0.3 is 14.6 Å². The number of ether oxygens (including phenoxy) is 2. The van der Waals surface area contributed by atoms with Gasteiger partial charge in [-0.1, -0.05) is 0 Å². The minimum absolute atomic E-state index is 0.236. The van der Waals surface area contributed by atoms with E-state index in [4.69, 9.17) is 14.6 Å². The zero-order valence-corrected chi connectivity index (χ0v) is 9.91. The fourth-order valence-corrected chi connectivity index (χ4v) is 1.88. The quantitative estimate of drug-likeness (QED) is 0.805. The van der Waals surface area contributed by atoms with Gasteiger partial charge in [0.15, 0.2) is 6.10 Å². The van der Waals surface area contributed by atoms with E-state index < -0.39 is 12.1 Å². The molecule has 0 amide bonds. The lowest BCUT2D eigenvalue weighted by atomic mass is 10.2. The van der Waals surface area contributed by atoms with Gasteiger partial charge >= 0.3 is 5.97 Å². The third kappa shape index (κ3) is 2.67. The highest BCUT2D eigenvalue weighted by Gasteiger charge is 2.30. The van der Waals surface area contributed by atoms with Crippen LogP contribution >= 0.6 is 0 Å². The highest BCUT2D eigenvalue weighted by atomic mass is 16.5. The number of aromatic nitrogens is 2. The highest BCUT2D eigenvalue weighted by molar-refractivity contribution is 5.72. The molecule has 0 saturated carbocycles. The second-order valence-electron chi connectivity index (χ2n) is 4.06. The van der Waals surface area contributed by atoms with Crippen molar-refractivity contribution in [3.8, 4) is 5.88 Å². The van der Waals surface area contributed by atoms with E-state index in [0.717, 1.165) is 0 Å². The van der Waals surface area contributed by atoms with Crippen molar-refractivity contribution >= 4 is 5.97 Å². The normalized spacial score (nSPS) is 22.9. The van der Waals surface area contributed by atoms with E-state index in [-0.39, 0.29) is 18.2 Å². The van der Waals surface area contributed by atoms with Crippen molar-refractivity contribution in [2.75, 3.05) is 7.11 Å². The van der Waals surface area contributed by atoms with E-state index in [9.17, 15) is 9.59 Å². The van der Waals surface area contributed by atoms with Crippen LogP contribution in [0.4, 0.5) is 0 Å². The molecule has 0 bridgehead atoms. The van der Waals surface area contributed by atoms with Crippen molar-refractivity contribution in [2.45, 2.75) is 31.6 Å². The van der Waals surface area contributed by atoms with Gasteiger partial charge in [0.25, 0.3) is 5.56 Å². The Morgan fingerprint density at radius 2 is 2.39 bits per heavy atom. The second-order valence-corrected chi connectivity index (χ2v) is 4.06. The highest BCUT2D eigenvalue weighted by Crippen LogP contribution is 2.20. The van der Waals surface area contributed by atoms with E-state index in [2.05, 4.69) is 5.10 Å². The minimum atomic E-state index is -0.969. The summed E-state index contributed by atoms with van der Waals surface area (Å²) < 4.78 is 11.5. The Hall–Kier alpha value is -1.89. The van der Waals surface area contributed by atoms with Gasteiger partial charge in [0.1, 0.15) is 0 Å². The Balaban J connectivity index is 2.06. The third-order valence-electron chi connectivity index (χ3n) is 2.81. The van der Waals surface area contributed by atoms with Gasteiger partial charge in [-0.25, -0.2) is 9.48 Å². The van der Waals surface area contributed by atoms with Crippen LogP contribution in [0.2, 0.25) is 0 Å². The topological polar surface area (TPSA) is 90.7 Å². The van der Waals surface area contributed by atoms with E-state index in [0.29, 0.717) is 18.7 Å². The number of nitrogens with zero attached hydrogens (tertiary/aromatic N) is 2. The summed E-state index contributed by atoms with van der Waals surface area (Å²) in [5.74, 6) is -0.633. The fraction of sp³-hybridized carbons (Fsp3) is 0.545. The van der Waals surface area contributed by atoms with Crippen molar-refractivity contribution in [2.24, 2.45) is 0 Å². The molecule has 1 aliphatic heterocycles. The number of carboxylic acid groups (broad SMARTS) is 1. The summed E-state index contributed by atoms with van der Waals surface area (Å²) in [4.78, 5) is 22.3. The Labute approximate surface area is 103 Å². The zero-order chi connectivity index (χ0) is 13.1. The largest absolute Gasteiger partial charge is 0.480 e. The molecule has 98 valence electrons. The first-order chi connectivity index (χ1) is 8.60. The van der Waals surface area contributed by atoms with E-state index >= 15 is 0 Å². The van der Waals surface area contributed by atoms with Crippen LogP contribution in [-0.2, 0) is 16.1 Å². The van der Waals surface area contributed by atoms with Crippen LogP contribution in [0.3, 0.4) is 0 Å². The third-order valence-corrected chi connectivity index (χ3v) is 2.81. The molecule has 18 heavy (non-hydrogen) atoms. The standard InChI is InChI=1S/C11H14N2O5/c1-17-9-4-5-10(14)13(12-9)6-7-2-3-8(18-7)11(15)16/h4-5,7-8H,2-3,6H2,1H3,(H,15,16).